The molecule has 3 atom stereocenters. The average Bonchev–Trinajstić information content (AvgIpc) is 2.79. The summed E-state index contributed by atoms with van der Waals surface area (Å²) in [6, 6.07) is 13.0. The van der Waals surface area contributed by atoms with Crippen LogP contribution in [0.15, 0.2) is 42.5 Å². The Hall–Kier alpha value is -2.28. The first-order valence-electron chi connectivity index (χ1n) is 10.5. The Morgan fingerprint density at radius 2 is 1.84 bits per heavy atom. The molecule has 1 unspecified atom stereocenters. The third kappa shape index (κ3) is 5.50. The number of methoxy groups -OCH3 is 2. The number of morpholine rings is 1. The molecule has 0 spiro atoms. The summed E-state index contributed by atoms with van der Waals surface area (Å²) in [4.78, 5) is 15.0. The van der Waals surface area contributed by atoms with E-state index in [4.69, 9.17) is 30.5 Å². The molecule has 3 rings (SSSR count). The van der Waals surface area contributed by atoms with E-state index in [0.717, 1.165) is 17.5 Å². The molecule has 0 saturated carbocycles. The highest BCUT2D eigenvalue weighted by atomic mass is 35.5. The summed E-state index contributed by atoms with van der Waals surface area (Å²) >= 11 is 6.05. The fourth-order valence-corrected chi connectivity index (χ4v) is 3.93. The van der Waals surface area contributed by atoms with Gasteiger partial charge in [0.25, 0.3) is 5.91 Å². The second-order valence-corrected chi connectivity index (χ2v) is 7.99. The Labute approximate surface area is 189 Å². The zero-order valence-corrected chi connectivity index (χ0v) is 19.2. The number of halogens is 1. The number of hydrogen-bond acceptors (Lipinski definition) is 5. The van der Waals surface area contributed by atoms with Gasteiger partial charge in [0, 0.05) is 5.02 Å². The Morgan fingerprint density at radius 3 is 2.48 bits per heavy atom. The highest BCUT2D eigenvalue weighted by Gasteiger charge is 2.38. The molecule has 1 amide bonds. The van der Waals surface area contributed by atoms with Crippen LogP contribution < -0.4 is 9.47 Å². The minimum Gasteiger partial charge on any atom is -0.493 e. The molecule has 1 aliphatic rings. The van der Waals surface area contributed by atoms with Gasteiger partial charge >= 0.3 is 0 Å². The fourth-order valence-electron chi connectivity index (χ4n) is 3.80. The van der Waals surface area contributed by atoms with Crippen molar-refractivity contribution >= 4 is 17.5 Å². The normalized spacial score (nSPS) is 19.9. The van der Waals surface area contributed by atoms with Crippen molar-refractivity contribution in [3.63, 3.8) is 0 Å². The van der Waals surface area contributed by atoms with E-state index in [-0.39, 0.29) is 18.0 Å². The Bertz CT molecular complexity index is 873. The third-order valence-electron chi connectivity index (χ3n) is 5.59. The highest BCUT2D eigenvalue weighted by Crippen LogP contribution is 2.31. The van der Waals surface area contributed by atoms with Crippen molar-refractivity contribution in [3.05, 3.63) is 58.6 Å². The van der Waals surface area contributed by atoms with E-state index >= 15 is 0 Å². The minimum absolute atomic E-state index is 0.0206. The van der Waals surface area contributed by atoms with Crippen molar-refractivity contribution < 1.29 is 23.7 Å². The Balaban J connectivity index is 1.72. The standard InChI is InChI=1S/C24H30ClNO5/c1-5-20(14-30-13-17-6-11-22(28-3)23(12-17)29-4)26-21(15-31-16(2)24(26)27)18-7-9-19(25)10-8-18/h6-12,16,20-21H,5,13-15H2,1-4H3/t16?,20-,21-/m0/s1. The SMILES string of the molecule is CC[C@@H](COCc1ccc(OC)c(OC)c1)N1C(=O)C(C)OC[C@H]1c1ccc(Cl)cc1. The predicted molar refractivity (Wildman–Crippen MR) is 120 cm³/mol. The predicted octanol–water partition coefficient (Wildman–Crippen LogP) is 4.64. The van der Waals surface area contributed by atoms with Crippen LogP contribution >= 0.6 is 11.6 Å². The molecule has 1 fully saturated rings. The van der Waals surface area contributed by atoms with E-state index in [1.54, 1.807) is 21.1 Å². The van der Waals surface area contributed by atoms with Gasteiger partial charge in [-0.1, -0.05) is 36.7 Å². The van der Waals surface area contributed by atoms with Crippen LogP contribution in [-0.4, -0.2) is 50.4 Å². The molecule has 31 heavy (non-hydrogen) atoms. The Morgan fingerprint density at radius 1 is 1.13 bits per heavy atom. The molecule has 1 heterocycles. The lowest BCUT2D eigenvalue weighted by Crippen LogP contribution is -2.54. The van der Waals surface area contributed by atoms with Crippen LogP contribution in [0.25, 0.3) is 0 Å². The maximum atomic E-state index is 13.1. The first-order valence-corrected chi connectivity index (χ1v) is 10.8. The fraction of sp³-hybridized carbons (Fsp3) is 0.458. The topological polar surface area (TPSA) is 57.2 Å². The monoisotopic (exact) mass is 447 g/mol. The summed E-state index contributed by atoms with van der Waals surface area (Å²) in [5, 5.41) is 0.664. The number of amides is 1. The van der Waals surface area contributed by atoms with Crippen LogP contribution in [0.5, 0.6) is 11.5 Å². The molecule has 2 aromatic carbocycles. The molecule has 6 nitrogen and oxygen atoms in total. The first-order chi connectivity index (χ1) is 15.0. The van der Waals surface area contributed by atoms with Crippen LogP contribution in [0.4, 0.5) is 0 Å². The minimum atomic E-state index is -0.469. The van der Waals surface area contributed by atoms with Gasteiger partial charge < -0.3 is 23.8 Å². The summed E-state index contributed by atoms with van der Waals surface area (Å²) in [5.74, 6) is 1.32. The van der Waals surface area contributed by atoms with E-state index < -0.39 is 6.10 Å². The lowest BCUT2D eigenvalue weighted by molar-refractivity contribution is -0.164. The largest absolute Gasteiger partial charge is 0.493 e. The number of ether oxygens (including phenoxy) is 4. The lowest BCUT2D eigenvalue weighted by Gasteiger charge is -2.43. The maximum absolute atomic E-state index is 13.1. The van der Waals surface area contributed by atoms with Gasteiger partial charge in [0.05, 0.1) is 46.1 Å². The molecule has 0 N–H and O–H groups in total. The Kier molecular flexibility index (Phi) is 8.18. The number of benzene rings is 2. The summed E-state index contributed by atoms with van der Waals surface area (Å²) < 4.78 is 22.4. The number of rotatable bonds is 9. The van der Waals surface area contributed by atoms with E-state index in [1.165, 1.54) is 0 Å². The summed E-state index contributed by atoms with van der Waals surface area (Å²) in [6.45, 7) is 5.14. The van der Waals surface area contributed by atoms with Crippen LogP contribution in [0.3, 0.4) is 0 Å². The summed E-state index contributed by atoms with van der Waals surface area (Å²) in [6.07, 6.45) is 0.303. The highest BCUT2D eigenvalue weighted by molar-refractivity contribution is 6.30. The molecular formula is C24H30ClNO5. The van der Waals surface area contributed by atoms with Crippen molar-refractivity contribution in [2.75, 3.05) is 27.4 Å². The van der Waals surface area contributed by atoms with Crippen LogP contribution in [-0.2, 0) is 20.9 Å². The van der Waals surface area contributed by atoms with E-state index in [1.807, 2.05) is 47.4 Å². The van der Waals surface area contributed by atoms with Crippen molar-refractivity contribution in [2.45, 2.75) is 45.1 Å². The van der Waals surface area contributed by atoms with Crippen molar-refractivity contribution in [3.8, 4) is 11.5 Å². The molecule has 2 aromatic rings. The van der Waals surface area contributed by atoms with Crippen molar-refractivity contribution in [2.24, 2.45) is 0 Å². The number of carbonyl (C=O) groups excluding carboxylic acids is 1. The van der Waals surface area contributed by atoms with Gasteiger partial charge in [-0.25, -0.2) is 0 Å². The second-order valence-electron chi connectivity index (χ2n) is 7.55. The molecule has 0 radical (unpaired) electrons. The molecule has 1 saturated heterocycles. The average molecular weight is 448 g/mol. The van der Waals surface area contributed by atoms with Gasteiger partial charge in [-0.15, -0.1) is 0 Å². The van der Waals surface area contributed by atoms with Crippen molar-refractivity contribution in [1.29, 1.82) is 0 Å². The molecule has 1 aliphatic heterocycles. The van der Waals surface area contributed by atoms with Gasteiger partial charge in [-0.3, -0.25) is 4.79 Å². The molecule has 0 aromatic heterocycles. The van der Waals surface area contributed by atoms with Crippen LogP contribution in [0, 0.1) is 0 Å². The summed E-state index contributed by atoms with van der Waals surface area (Å²) in [7, 11) is 3.22. The quantitative estimate of drug-likeness (QED) is 0.560. The van der Waals surface area contributed by atoms with Gasteiger partial charge in [0.2, 0.25) is 0 Å². The zero-order chi connectivity index (χ0) is 22.4. The van der Waals surface area contributed by atoms with Crippen LogP contribution in [0.1, 0.15) is 37.4 Å². The van der Waals surface area contributed by atoms with Crippen molar-refractivity contribution in [1.82, 2.24) is 4.90 Å². The van der Waals surface area contributed by atoms with Gasteiger partial charge in [0.1, 0.15) is 6.10 Å². The van der Waals surface area contributed by atoms with Gasteiger partial charge in [-0.05, 0) is 48.7 Å². The molecule has 168 valence electrons. The molecule has 0 aliphatic carbocycles. The number of nitrogens with zero attached hydrogens (tertiary/aromatic N) is 1. The number of hydrogen-bond donors (Lipinski definition) is 0. The van der Waals surface area contributed by atoms with E-state index in [2.05, 4.69) is 6.92 Å². The van der Waals surface area contributed by atoms with Gasteiger partial charge in [0.15, 0.2) is 11.5 Å². The third-order valence-corrected chi connectivity index (χ3v) is 5.84. The number of carbonyl (C=O) groups is 1. The second kappa shape index (κ2) is 10.8. The summed E-state index contributed by atoms with van der Waals surface area (Å²) in [5.41, 5.74) is 1.98. The lowest BCUT2D eigenvalue weighted by atomic mass is 10.00. The van der Waals surface area contributed by atoms with Crippen LogP contribution in [0.2, 0.25) is 5.02 Å². The molecule has 0 bridgehead atoms. The van der Waals surface area contributed by atoms with E-state index in [0.29, 0.717) is 36.3 Å². The zero-order valence-electron chi connectivity index (χ0n) is 18.5. The molecular weight excluding hydrogens is 418 g/mol. The van der Waals surface area contributed by atoms with E-state index in [9.17, 15) is 4.79 Å². The van der Waals surface area contributed by atoms with Gasteiger partial charge in [-0.2, -0.15) is 0 Å². The smallest absolute Gasteiger partial charge is 0.252 e. The molecule has 7 heteroatoms. The maximum Gasteiger partial charge on any atom is 0.252 e. The first kappa shape index (κ1) is 23.4.